The van der Waals surface area contributed by atoms with Gasteiger partial charge in [0.25, 0.3) is 0 Å². The van der Waals surface area contributed by atoms with Gasteiger partial charge in [0, 0.05) is 25.7 Å². The molecule has 0 aliphatic carbocycles. The Hall–Kier alpha value is -1.00. The zero-order valence-corrected chi connectivity index (χ0v) is 8.98. The van der Waals surface area contributed by atoms with E-state index in [9.17, 15) is 0 Å². The van der Waals surface area contributed by atoms with Gasteiger partial charge in [-0.2, -0.15) is 0 Å². The van der Waals surface area contributed by atoms with Gasteiger partial charge in [-0.25, -0.2) is 0 Å². The molecule has 1 aliphatic heterocycles. The molecule has 84 valence electrons. The van der Waals surface area contributed by atoms with Crippen LogP contribution >= 0.6 is 0 Å². The summed E-state index contributed by atoms with van der Waals surface area (Å²) in [6.07, 6.45) is 3.82. The Labute approximate surface area is 90.2 Å². The summed E-state index contributed by atoms with van der Waals surface area (Å²) in [4.78, 5) is 2.27. The van der Waals surface area contributed by atoms with E-state index in [1.54, 1.807) is 0 Å². The van der Waals surface area contributed by atoms with E-state index < -0.39 is 0 Å². The van der Waals surface area contributed by atoms with Gasteiger partial charge in [0.05, 0.1) is 6.04 Å². The zero-order valence-electron chi connectivity index (χ0n) is 8.98. The molecule has 0 radical (unpaired) electrons. The first-order valence-electron chi connectivity index (χ1n) is 5.61. The largest absolute Gasteiger partial charge is 0.444 e. The minimum atomic E-state index is -0.177. The van der Waals surface area contributed by atoms with Gasteiger partial charge >= 0.3 is 0 Å². The van der Waals surface area contributed by atoms with E-state index in [0.717, 1.165) is 24.7 Å². The molecule has 1 atom stereocenters. The highest BCUT2D eigenvalue weighted by Gasteiger charge is 2.16. The van der Waals surface area contributed by atoms with Crippen LogP contribution in [0.2, 0.25) is 0 Å². The number of rotatable bonds is 3. The van der Waals surface area contributed by atoms with E-state index >= 15 is 0 Å². The number of furan rings is 1. The first-order valence-corrected chi connectivity index (χ1v) is 5.61. The van der Waals surface area contributed by atoms with Gasteiger partial charge in [0.2, 0.25) is 0 Å². The number of nitrogens with zero attached hydrogens (tertiary/aromatic N) is 1. The number of anilines is 1. The highest BCUT2D eigenvalue weighted by atomic mass is 16.4. The molecule has 1 fully saturated rings. The van der Waals surface area contributed by atoms with Crippen LogP contribution in [-0.4, -0.2) is 19.6 Å². The molecule has 15 heavy (non-hydrogen) atoms. The molecular weight excluding hydrogens is 190 g/mol. The van der Waals surface area contributed by atoms with E-state index in [0.29, 0.717) is 6.54 Å². The van der Waals surface area contributed by atoms with E-state index in [1.807, 2.05) is 12.1 Å². The second-order valence-electron chi connectivity index (χ2n) is 4.07. The first kappa shape index (κ1) is 10.5. The predicted octanol–water partition coefficient (Wildman–Crippen LogP) is 1.23. The minimum Gasteiger partial charge on any atom is -0.444 e. The third-order valence-corrected chi connectivity index (χ3v) is 2.90. The zero-order chi connectivity index (χ0) is 10.7. The minimum absolute atomic E-state index is 0.177. The number of nitrogens with two attached hydrogens (primary N) is 2. The van der Waals surface area contributed by atoms with Gasteiger partial charge in [0.15, 0.2) is 5.88 Å². The van der Waals surface area contributed by atoms with Crippen LogP contribution in [0.1, 0.15) is 31.1 Å². The van der Waals surface area contributed by atoms with Gasteiger partial charge in [-0.15, -0.1) is 0 Å². The van der Waals surface area contributed by atoms with Crippen LogP contribution < -0.4 is 16.4 Å². The lowest BCUT2D eigenvalue weighted by atomic mass is 10.1. The van der Waals surface area contributed by atoms with E-state index in [4.69, 9.17) is 15.9 Å². The Morgan fingerprint density at radius 1 is 1.27 bits per heavy atom. The molecular formula is C11H19N3O. The summed E-state index contributed by atoms with van der Waals surface area (Å²) >= 11 is 0. The molecule has 4 heteroatoms. The summed E-state index contributed by atoms with van der Waals surface area (Å²) in [6, 6.07) is 3.75. The van der Waals surface area contributed by atoms with Crippen LogP contribution in [0.15, 0.2) is 16.5 Å². The molecule has 1 aromatic rings. The van der Waals surface area contributed by atoms with Crippen molar-refractivity contribution >= 4 is 5.88 Å². The van der Waals surface area contributed by atoms with Crippen molar-refractivity contribution in [2.75, 3.05) is 24.5 Å². The van der Waals surface area contributed by atoms with E-state index in [1.165, 1.54) is 19.3 Å². The average Bonchev–Trinajstić information content (AvgIpc) is 2.78. The Balaban J connectivity index is 2.05. The Bertz CT molecular complexity index is 305. The highest BCUT2D eigenvalue weighted by molar-refractivity contribution is 5.37. The summed E-state index contributed by atoms with van der Waals surface area (Å²) in [5, 5.41) is 0. The molecule has 0 bridgehead atoms. The van der Waals surface area contributed by atoms with Crippen LogP contribution in [0.5, 0.6) is 0 Å². The SMILES string of the molecule is NCC(N)c1ccc(N2CCCCC2)o1. The maximum atomic E-state index is 5.80. The molecule has 0 spiro atoms. The van der Waals surface area contributed by atoms with Crippen molar-refractivity contribution in [1.82, 2.24) is 0 Å². The molecule has 2 heterocycles. The van der Waals surface area contributed by atoms with E-state index in [-0.39, 0.29) is 6.04 Å². The van der Waals surface area contributed by atoms with Crippen LogP contribution in [0.4, 0.5) is 5.88 Å². The summed E-state index contributed by atoms with van der Waals surface area (Å²) < 4.78 is 5.70. The average molecular weight is 209 g/mol. The molecule has 1 unspecified atom stereocenters. The lowest BCUT2D eigenvalue weighted by Crippen LogP contribution is -2.28. The number of hydrogen-bond donors (Lipinski definition) is 2. The number of piperidine rings is 1. The third-order valence-electron chi connectivity index (χ3n) is 2.90. The standard InChI is InChI=1S/C11H19N3O/c12-8-9(13)10-4-5-11(15-10)14-6-2-1-3-7-14/h4-5,9H,1-3,6-8,12-13H2. The van der Waals surface area contributed by atoms with Crippen LogP contribution in [0.25, 0.3) is 0 Å². The van der Waals surface area contributed by atoms with Crippen molar-refractivity contribution in [3.8, 4) is 0 Å². The fourth-order valence-corrected chi connectivity index (χ4v) is 1.94. The van der Waals surface area contributed by atoms with Crippen LogP contribution in [0, 0.1) is 0 Å². The molecule has 1 aliphatic rings. The predicted molar refractivity (Wildman–Crippen MR) is 60.8 cm³/mol. The fourth-order valence-electron chi connectivity index (χ4n) is 1.94. The van der Waals surface area contributed by atoms with Crippen LogP contribution in [0.3, 0.4) is 0 Å². The lowest BCUT2D eigenvalue weighted by Gasteiger charge is -2.26. The van der Waals surface area contributed by atoms with E-state index in [2.05, 4.69) is 4.90 Å². The second kappa shape index (κ2) is 4.68. The molecule has 0 aromatic carbocycles. The monoisotopic (exact) mass is 209 g/mol. The molecule has 0 saturated carbocycles. The summed E-state index contributed by atoms with van der Waals surface area (Å²) in [5.74, 6) is 1.73. The summed E-state index contributed by atoms with van der Waals surface area (Å²) in [5.41, 5.74) is 11.3. The van der Waals surface area contributed by atoms with Gasteiger partial charge < -0.3 is 20.8 Å². The lowest BCUT2D eigenvalue weighted by molar-refractivity contribution is 0.447. The Kier molecular flexibility index (Phi) is 3.28. The number of hydrogen-bond acceptors (Lipinski definition) is 4. The van der Waals surface area contributed by atoms with Gasteiger partial charge in [-0.3, -0.25) is 0 Å². The normalized spacial score (nSPS) is 19.2. The van der Waals surface area contributed by atoms with Crippen molar-refractivity contribution in [1.29, 1.82) is 0 Å². The van der Waals surface area contributed by atoms with Crippen molar-refractivity contribution in [2.45, 2.75) is 25.3 Å². The van der Waals surface area contributed by atoms with Crippen molar-refractivity contribution in [3.05, 3.63) is 17.9 Å². The highest BCUT2D eigenvalue weighted by Crippen LogP contribution is 2.24. The van der Waals surface area contributed by atoms with Crippen molar-refractivity contribution in [2.24, 2.45) is 11.5 Å². The topological polar surface area (TPSA) is 68.4 Å². The molecule has 4 nitrogen and oxygen atoms in total. The summed E-state index contributed by atoms with van der Waals surface area (Å²) in [6.45, 7) is 2.60. The van der Waals surface area contributed by atoms with Crippen molar-refractivity contribution < 1.29 is 4.42 Å². The summed E-state index contributed by atoms with van der Waals surface area (Å²) in [7, 11) is 0. The van der Waals surface area contributed by atoms with Crippen LogP contribution in [-0.2, 0) is 0 Å². The maximum Gasteiger partial charge on any atom is 0.195 e. The molecule has 2 rings (SSSR count). The quantitative estimate of drug-likeness (QED) is 0.785. The van der Waals surface area contributed by atoms with Gasteiger partial charge in [0.1, 0.15) is 5.76 Å². The first-order chi connectivity index (χ1) is 7.31. The molecule has 0 amide bonds. The maximum absolute atomic E-state index is 5.80. The van der Waals surface area contributed by atoms with Gasteiger partial charge in [-0.05, 0) is 25.3 Å². The fraction of sp³-hybridized carbons (Fsp3) is 0.636. The molecule has 1 saturated heterocycles. The third kappa shape index (κ3) is 2.33. The Morgan fingerprint density at radius 3 is 2.67 bits per heavy atom. The smallest absolute Gasteiger partial charge is 0.195 e. The molecule has 4 N–H and O–H groups in total. The van der Waals surface area contributed by atoms with Crippen molar-refractivity contribution in [3.63, 3.8) is 0 Å². The Morgan fingerprint density at radius 2 is 2.00 bits per heavy atom. The second-order valence-corrected chi connectivity index (χ2v) is 4.07. The van der Waals surface area contributed by atoms with Gasteiger partial charge in [-0.1, -0.05) is 0 Å². The molecule has 1 aromatic heterocycles.